The number of aromatic amines is 1. The van der Waals surface area contributed by atoms with Gasteiger partial charge in [0, 0.05) is 48.6 Å². The zero-order valence-corrected chi connectivity index (χ0v) is 15.7. The molecule has 27 heavy (non-hydrogen) atoms. The highest BCUT2D eigenvalue weighted by Crippen LogP contribution is 2.27. The molecule has 1 unspecified atom stereocenters. The van der Waals surface area contributed by atoms with E-state index in [1.165, 1.54) is 10.6 Å². The zero-order valence-electron chi connectivity index (χ0n) is 15.7. The Labute approximate surface area is 156 Å². The van der Waals surface area contributed by atoms with Crippen LogP contribution in [0.4, 0.5) is 0 Å². The number of nitrogens with zero attached hydrogens (tertiary/aromatic N) is 4. The van der Waals surface area contributed by atoms with Gasteiger partial charge in [-0.15, -0.1) is 0 Å². The second-order valence-electron chi connectivity index (χ2n) is 7.50. The quantitative estimate of drug-likeness (QED) is 0.765. The number of nitrogens with one attached hydrogen (secondary N) is 1. The van der Waals surface area contributed by atoms with Gasteiger partial charge in [0.1, 0.15) is 0 Å². The lowest BCUT2D eigenvalue weighted by Gasteiger charge is -2.31. The molecular formula is C19H23N5O3. The number of fused-ring (bicyclic) bond motifs is 1. The fourth-order valence-corrected chi connectivity index (χ4v) is 3.57. The number of carbonyl (C=O) groups excluding carboxylic acids is 1. The molecule has 1 aliphatic rings. The number of rotatable bonds is 3. The molecule has 0 aromatic carbocycles. The minimum Gasteiger partial charge on any atom is -0.351 e. The van der Waals surface area contributed by atoms with Gasteiger partial charge < -0.3 is 9.42 Å². The molecule has 0 spiro atoms. The summed E-state index contributed by atoms with van der Waals surface area (Å²) < 4.78 is 6.71. The molecule has 3 aromatic rings. The zero-order chi connectivity index (χ0) is 19.1. The van der Waals surface area contributed by atoms with Gasteiger partial charge in [-0.05, 0) is 25.7 Å². The van der Waals surface area contributed by atoms with Crippen molar-refractivity contribution in [3.63, 3.8) is 0 Å². The Hall–Kier alpha value is -2.90. The largest absolute Gasteiger partial charge is 0.351 e. The first kappa shape index (κ1) is 17.5. The SMILES string of the molecule is Cc1cc(=O)n2[nH]c(C3CCCN(C(=O)c4cc(C(C)C)no4)C3)cc2n1. The van der Waals surface area contributed by atoms with Crippen molar-refractivity contribution in [1.29, 1.82) is 0 Å². The molecule has 1 atom stereocenters. The molecule has 142 valence electrons. The van der Waals surface area contributed by atoms with Crippen LogP contribution in [0, 0.1) is 6.92 Å². The molecule has 0 radical (unpaired) electrons. The number of hydrogen-bond donors (Lipinski definition) is 1. The molecule has 4 heterocycles. The maximum absolute atomic E-state index is 12.8. The third-order valence-corrected chi connectivity index (χ3v) is 5.08. The Kier molecular flexibility index (Phi) is 4.33. The molecule has 8 nitrogen and oxygen atoms in total. The fraction of sp³-hybridized carbons (Fsp3) is 0.474. The van der Waals surface area contributed by atoms with Gasteiger partial charge >= 0.3 is 0 Å². The molecule has 1 amide bonds. The molecule has 0 bridgehead atoms. The van der Waals surface area contributed by atoms with Gasteiger partial charge in [-0.1, -0.05) is 19.0 Å². The molecule has 3 aromatic heterocycles. The lowest BCUT2D eigenvalue weighted by atomic mass is 9.94. The van der Waals surface area contributed by atoms with Gasteiger partial charge in [-0.3, -0.25) is 14.7 Å². The van der Waals surface area contributed by atoms with E-state index in [-0.39, 0.29) is 29.1 Å². The van der Waals surface area contributed by atoms with Crippen LogP contribution >= 0.6 is 0 Å². The second-order valence-corrected chi connectivity index (χ2v) is 7.50. The smallest absolute Gasteiger partial charge is 0.292 e. The van der Waals surface area contributed by atoms with Gasteiger partial charge in [0.15, 0.2) is 5.65 Å². The lowest BCUT2D eigenvalue weighted by Crippen LogP contribution is -2.39. The number of likely N-dealkylation sites (tertiary alicyclic amines) is 1. The van der Waals surface area contributed by atoms with Crippen LogP contribution in [0.5, 0.6) is 0 Å². The summed E-state index contributed by atoms with van der Waals surface area (Å²) >= 11 is 0. The minimum absolute atomic E-state index is 0.122. The number of carbonyl (C=O) groups is 1. The van der Waals surface area contributed by atoms with E-state index in [4.69, 9.17) is 4.52 Å². The van der Waals surface area contributed by atoms with Crippen LogP contribution in [-0.2, 0) is 0 Å². The summed E-state index contributed by atoms with van der Waals surface area (Å²) in [7, 11) is 0. The maximum atomic E-state index is 12.8. The Morgan fingerprint density at radius 2 is 2.15 bits per heavy atom. The first-order valence-corrected chi connectivity index (χ1v) is 9.27. The number of H-pyrrole nitrogens is 1. The van der Waals surface area contributed by atoms with E-state index >= 15 is 0 Å². The molecule has 8 heteroatoms. The minimum atomic E-state index is -0.138. The van der Waals surface area contributed by atoms with Gasteiger partial charge in [-0.2, -0.15) is 0 Å². The highest BCUT2D eigenvalue weighted by molar-refractivity contribution is 5.91. The van der Waals surface area contributed by atoms with E-state index < -0.39 is 0 Å². The topological polar surface area (TPSA) is 96.5 Å². The fourth-order valence-electron chi connectivity index (χ4n) is 3.57. The number of piperidine rings is 1. The van der Waals surface area contributed by atoms with Crippen LogP contribution in [0.25, 0.3) is 5.65 Å². The van der Waals surface area contributed by atoms with Crippen molar-refractivity contribution >= 4 is 11.6 Å². The van der Waals surface area contributed by atoms with Gasteiger partial charge in [0.2, 0.25) is 5.76 Å². The molecule has 1 saturated heterocycles. The molecule has 1 N–H and O–H groups in total. The van der Waals surface area contributed by atoms with E-state index in [0.29, 0.717) is 24.4 Å². The van der Waals surface area contributed by atoms with Gasteiger partial charge in [0.25, 0.3) is 11.5 Å². The summed E-state index contributed by atoms with van der Waals surface area (Å²) in [5.74, 6) is 0.479. The maximum Gasteiger partial charge on any atom is 0.292 e. The van der Waals surface area contributed by atoms with Crippen LogP contribution in [0.1, 0.15) is 66.2 Å². The molecule has 4 rings (SSSR count). The van der Waals surface area contributed by atoms with Crippen molar-refractivity contribution in [2.45, 2.75) is 45.4 Å². The Balaban J connectivity index is 1.56. The molecule has 0 saturated carbocycles. The van der Waals surface area contributed by atoms with Crippen LogP contribution in [0.2, 0.25) is 0 Å². The van der Waals surface area contributed by atoms with E-state index in [1.54, 1.807) is 17.9 Å². The predicted octanol–water partition coefficient (Wildman–Crippen LogP) is 2.46. The van der Waals surface area contributed by atoms with Crippen molar-refractivity contribution in [1.82, 2.24) is 24.7 Å². The Bertz CT molecular complexity index is 1050. The lowest BCUT2D eigenvalue weighted by molar-refractivity contribution is 0.0663. The van der Waals surface area contributed by atoms with Crippen molar-refractivity contribution in [2.24, 2.45) is 0 Å². The van der Waals surface area contributed by atoms with E-state index in [1.807, 2.05) is 19.9 Å². The van der Waals surface area contributed by atoms with Gasteiger partial charge in [0.05, 0.1) is 5.69 Å². The molecule has 1 aliphatic heterocycles. The van der Waals surface area contributed by atoms with Gasteiger partial charge in [-0.25, -0.2) is 9.50 Å². The normalized spacial score (nSPS) is 17.8. The summed E-state index contributed by atoms with van der Waals surface area (Å²) in [6.45, 7) is 7.08. The van der Waals surface area contributed by atoms with Crippen LogP contribution in [0.3, 0.4) is 0 Å². The molecule has 1 fully saturated rings. The number of amides is 1. The number of aromatic nitrogens is 4. The average Bonchev–Trinajstić information content (AvgIpc) is 3.28. The molecule has 0 aliphatic carbocycles. The summed E-state index contributed by atoms with van der Waals surface area (Å²) in [4.78, 5) is 31.1. The number of aryl methyl sites for hydroxylation is 1. The van der Waals surface area contributed by atoms with Crippen molar-refractivity contribution < 1.29 is 9.32 Å². The summed E-state index contributed by atoms with van der Waals surface area (Å²) in [6, 6.07) is 5.13. The average molecular weight is 369 g/mol. The van der Waals surface area contributed by atoms with Crippen LogP contribution < -0.4 is 5.56 Å². The highest BCUT2D eigenvalue weighted by Gasteiger charge is 2.29. The first-order chi connectivity index (χ1) is 12.9. The second kappa shape index (κ2) is 6.68. The van der Waals surface area contributed by atoms with E-state index in [2.05, 4.69) is 15.2 Å². The standard InChI is InChI=1S/C19H23N5O3/c1-11(2)14-8-16(27-22-14)19(26)23-6-4-5-13(10-23)15-9-17-20-12(3)7-18(25)24(17)21-15/h7-9,11,13,21H,4-6,10H2,1-3H3. The Morgan fingerprint density at radius 3 is 2.89 bits per heavy atom. The first-order valence-electron chi connectivity index (χ1n) is 9.27. The monoisotopic (exact) mass is 369 g/mol. The Morgan fingerprint density at radius 1 is 1.33 bits per heavy atom. The number of hydrogen-bond acceptors (Lipinski definition) is 5. The molecular weight excluding hydrogens is 346 g/mol. The van der Waals surface area contributed by atoms with Crippen molar-refractivity contribution in [3.05, 3.63) is 51.4 Å². The van der Waals surface area contributed by atoms with Crippen LogP contribution in [0.15, 0.2) is 27.5 Å². The third kappa shape index (κ3) is 3.27. The van der Waals surface area contributed by atoms with E-state index in [0.717, 1.165) is 24.2 Å². The predicted molar refractivity (Wildman–Crippen MR) is 99.0 cm³/mol. The van der Waals surface area contributed by atoms with Crippen molar-refractivity contribution in [2.75, 3.05) is 13.1 Å². The summed E-state index contributed by atoms with van der Waals surface area (Å²) in [6.07, 6.45) is 1.83. The summed E-state index contributed by atoms with van der Waals surface area (Å²) in [5.41, 5.74) is 2.87. The van der Waals surface area contributed by atoms with E-state index in [9.17, 15) is 9.59 Å². The third-order valence-electron chi connectivity index (χ3n) is 5.08. The summed E-state index contributed by atoms with van der Waals surface area (Å²) in [5, 5.41) is 7.13. The van der Waals surface area contributed by atoms with Crippen LogP contribution in [-0.4, -0.2) is 43.7 Å². The van der Waals surface area contributed by atoms with Crippen molar-refractivity contribution in [3.8, 4) is 0 Å². The highest BCUT2D eigenvalue weighted by atomic mass is 16.5.